The summed E-state index contributed by atoms with van der Waals surface area (Å²) < 4.78 is 4.91. The zero-order valence-corrected chi connectivity index (χ0v) is 12.0. The lowest BCUT2D eigenvalue weighted by Gasteiger charge is -2.15. The van der Waals surface area contributed by atoms with E-state index in [1.807, 2.05) is 6.92 Å². The molecule has 2 aliphatic carbocycles. The molecular formula is C16H22O4. The number of rotatable bonds is 4. The quantitative estimate of drug-likeness (QED) is 0.486. The highest BCUT2D eigenvalue weighted by molar-refractivity contribution is 5.89. The van der Waals surface area contributed by atoms with E-state index in [2.05, 4.69) is 12.7 Å². The van der Waals surface area contributed by atoms with Gasteiger partial charge in [0.25, 0.3) is 0 Å². The number of aliphatic carboxylic acids is 1. The van der Waals surface area contributed by atoms with Crippen molar-refractivity contribution in [1.82, 2.24) is 0 Å². The molecule has 0 aromatic heterocycles. The van der Waals surface area contributed by atoms with Crippen LogP contribution >= 0.6 is 0 Å². The lowest BCUT2D eigenvalue weighted by Crippen LogP contribution is -2.10. The van der Waals surface area contributed by atoms with Gasteiger partial charge in [-0.05, 0) is 51.0 Å². The Morgan fingerprint density at radius 3 is 2.45 bits per heavy atom. The Labute approximate surface area is 119 Å². The normalized spacial score (nSPS) is 17.1. The molecule has 20 heavy (non-hydrogen) atoms. The number of carboxylic acid groups (broad SMARTS) is 1. The van der Waals surface area contributed by atoms with Crippen molar-refractivity contribution >= 4 is 11.9 Å². The van der Waals surface area contributed by atoms with Crippen LogP contribution in [-0.4, -0.2) is 23.7 Å². The highest BCUT2D eigenvalue weighted by Crippen LogP contribution is 2.26. The van der Waals surface area contributed by atoms with E-state index < -0.39 is 5.97 Å². The fourth-order valence-corrected chi connectivity index (χ4v) is 2.05. The number of esters is 1. The predicted molar refractivity (Wildman–Crippen MR) is 77.3 cm³/mol. The zero-order valence-electron chi connectivity index (χ0n) is 12.0. The first-order chi connectivity index (χ1) is 9.54. The molecule has 0 aromatic rings. The summed E-state index contributed by atoms with van der Waals surface area (Å²) in [6, 6.07) is 0. The van der Waals surface area contributed by atoms with E-state index in [1.165, 1.54) is 24.5 Å². The van der Waals surface area contributed by atoms with Crippen molar-refractivity contribution in [3.63, 3.8) is 0 Å². The fourth-order valence-electron chi connectivity index (χ4n) is 2.05. The minimum Gasteiger partial charge on any atom is -0.478 e. The second-order valence-electron chi connectivity index (χ2n) is 4.98. The molecular weight excluding hydrogens is 256 g/mol. The van der Waals surface area contributed by atoms with Crippen molar-refractivity contribution < 1.29 is 19.4 Å². The highest BCUT2D eigenvalue weighted by atomic mass is 16.5. The van der Waals surface area contributed by atoms with E-state index in [-0.39, 0.29) is 5.97 Å². The summed E-state index contributed by atoms with van der Waals surface area (Å²) in [5, 5.41) is 8.35. The molecule has 0 spiro atoms. The summed E-state index contributed by atoms with van der Waals surface area (Å²) in [5.41, 5.74) is 2.90. The van der Waals surface area contributed by atoms with Crippen molar-refractivity contribution in [1.29, 1.82) is 0 Å². The van der Waals surface area contributed by atoms with Gasteiger partial charge in [-0.1, -0.05) is 18.2 Å². The molecule has 1 N–H and O–H groups in total. The second kappa shape index (κ2) is 8.35. The summed E-state index contributed by atoms with van der Waals surface area (Å²) in [4.78, 5) is 20.8. The molecule has 0 saturated carbocycles. The fraction of sp³-hybridized carbons (Fsp3) is 0.500. The minimum atomic E-state index is -0.742. The van der Waals surface area contributed by atoms with Crippen molar-refractivity contribution in [2.75, 3.05) is 6.61 Å². The second-order valence-corrected chi connectivity index (χ2v) is 4.98. The molecule has 0 atom stereocenters. The molecule has 0 bridgehead atoms. The first-order valence-electron chi connectivity index (χ1n) is 6.93. The van der Waals surface area contributed by atoms with Crippen LogP contribution in [0.25, 0.3) is 0 Å². The number of carboxylic acids is 1. The van der Waals surface area contributed by atoms with Crippen LogP contribution in [0.2, 0.25) is 0 Å². The molecule has 0 fully saturated rings. The van der Waals surface area contributed by atoms with Gasteiger partial charge in [-0.15, -0.1) is 0 Å². The molecule has 2 aliphatic rings. The van der Waals surface area contributed by atoms with Crippen LogP contribution in [0.1, 0.15) is 45.4 Å². The monoisotopic (exact) mass is 278 g/mol. The van der Waals surface area contributed by atoms with Crippen LogP contribution in [0.5, 0.6) is 0 Å². The summed E-state index contributed by atoms with van der Waals surface area (Å²) >= 11 is 0. The van der Waals surface area contributed by atoms with Gasteiger partial charge in [-0.3, -0.25) is 0 Å². The zero-order chi connectivity index (χ0) is 15.0. The molecule has 0 saturated heterocycles. The number of allylic oxidation sites excluding steroid dienone is 2. The Morgan fingerprint density at radius 1 is 1.35 bits per heavy atom. The largest absolute Gasteiger partial charge is 0.478 e. The topological polar surface area (TPSA) is 63.6 Å². The van der Waals surface area contributed by atoms with E-state index in [9.17, 15) is 9.59 Å². The third kappa shape index (κ3) is 5.43. The number of ether oxygens (including phenoxy) is 1. The van der Waals surface area contributed by atoms with Gasteiger partial charge in [0.15, 0.2) is 0 Å². The molecule has 0 unspecified atom stereocenters. The molecule has 0 amide bonds. The van der Waals surface area contributed by atoms with Crippen LogP contribution in [0.4, 0.5) is 0 Å². The molecule has 0 aromatic carbocycles. The Kier molecular flexibility index (Phi) is 6.77. The molecule has 2 rings (SSSR count). The van der Waals surface area contributed by atoms with E-state index in [4.69, 9.17) is 9.84 Å². The van der Waals surface area contributed by atoms with Crippen molar-refractivity contribution in [2.24, 2.45) is 0 Å². The minimum absolute atomic E-state index is 0.332. The van der Waals surface area contributed by atoms with Crippen LogP contribution in [-0.2, 0) is 14.3 Å². The highest BCUT2D eigenvalue weighted by Gasteiger charge is 2.18. The number of hydrogen-bond donors (Lipinski definition) is 1. The Hall–Kier alpha value is -1.84. The smallest absolute Gasteiger partial charge is 0.331 e. The van der Waals surface area contributed by atoms with Gasteiger partial charge in [0, 0.05) is 11.6 Å². The van der Waals surface area contributed by atoms with E-state index in [0.717, 1.165) is 31.3 Å². The first-order valence-corrected chi connectivity index (χ1v) is 6.93. The predicted octanol–water partition coefficient (Wildman–Crippen LogP) is 3.40. The Bertz CT molecular complexity index is 443. The van der Waals surface area contributed by atoms with Gasteiger partial charge in [-0.2, -0.15) is 0 Å². The van der Waals surface area contributed by atoms with Crippen molar-refractivity contribution in [3.8, 4) is 0 Å². The van der Waals surface area contributed by atoms with Gasteiger partial charge in [0.05, 0.1) is 0 Å². The maximum Gasteiger partial charge on any atom is 0.331 e. The van der Waals surface area contributed by atoms with E-state index in [0.29, 0.717) is 12.2 Å². The average Bonchev–Trinajstić information content (AvgIpc) is 2.44. The summed E-state index contributed by atoms with van der Waals surface area (Å²) in [5.74, 6) is -1.07. The molecule has 4 nitrogen and oxygen atoms in total. The number of carbonyl (C=O) groups excluding carboxylic acids is 1. The Balaban J connectivity index is 0.000000217. The maximum atomic E-state index is 10.7. The molecule has 0 heterocycles. The summed E-state index contributed by atoms with van der Waals surface area (Å²) in [6.07, 6.45) is 9.79. The van der Waals surface area contributed by atoms with Crippen molar-refractivity contribution in [2.45, 2.75) is 45.4 Å². The summed E-state index contributed by atoms with van der Waals surface area (Å²) in [7, 11) is 0. The number of carbonyl (C=O) groups is 2. The van der Waals surface area contributed by atoms with E-state index in [1.54, 1.807) is 0 Å². The lowest BCUT2D eigenvalue weighted by atomic mass is 9.90. The van der Waals surface area contributed by atoms with Crippen LogP contribution in [0.15, 0.2) is 35.5 Å². The molecule has 110 valence electrons. The van der Waals surface area contributed by atoms with Gasteiger partial charge in [-0.25, -0.2) is 9.59 Å². The molecule has 0 aliphatic heterocycles. The average molecular weight is 278 g/mol. The van der Waals surface area contributed by atoms with Gasteiger partial charge >= 0.3 is 11.9 Å². The summed E-state index contributed by atoms with van der Waals surface area (Å²) in [6.45, 7) is 5.65. The van der Waals surface area contributed by atoms with Gasteiger partial charge in [0.1, 0.15) is 6.61 Å². The Morgan fingerprint density at radius 2 is 2.10 bits per heavy atom. The standard InChI is InChI=1S/C10H14O2.C6H8O2/c1-2-10(11)12-8-9-6-4-3-5-7-9;1-4-2-3-5(4)6(7)8/h2,6H,1,3-5,7-8H2;2-3H2,1H3,(H,7,8). The number of hydrogen-bond acceptors (Lipinski definition) is 3. The molecule has 0 radical (unpaired) electrons. The molecule has 4 heteroatoms. The van der Waals surface area contributed by atoms with Crippen LogP contribution in [0, 0.1) is 0 Å². The van der Waals surface area contributed by atoms with Crippen molar-refractivity contribution in [3.05, 3.63) is 35.5 Å². The van der Waals surface area contributed by atoms with Crippen LogP contribution < -0.4 is 0 Å². The SMILES string of the molecule is C=CC(=O)OCC1=CCCCC1.CC1=C(C(=O)O)CC1. The van der Waals surface area contributed by atoms with Crippen LogP contribution in [0.3, 0.4) is 0 Å². The first kappa shape index (κ1) is 16.2. The maximum absolute atomic E-state index is 10.7. The third-order valence-corrected chi connectivity index (χ3v) is 3.47. The van der Waals surface area contributed by atoms with Gasteiger partial charge < -0.3 is 9.84 Å². The van der Waals surface area contributed by atoms with E-state index >= 15 is 0 Å². The third-order valence-electron chi connectivity index (χ3n) is 3.47. The van der Waals surface area contributed by atoms with Gasteiger partial charge in [0.2, 0.25) is 0 Å². The lowest BCUT2D eigenvalue weighted by molar-refractivity contribution is -0.137.